The quantitative estimate of drug-likeness (QED) is 0.532. The molecule has 4 aliphatic carbocycles. The number of fused-ring (bicyclic) bond motifs is 1. The molecule has 0 atom stereocenters. The predicted molar refractivity (Wildman–Crippen MR) is 118 cm³/mol. The first-order chi connectivity index (χ1) is 14.5. The molecule has 2 heterocycles. The second-order valence-corrected chi connectivity index (χ2v) is 11.4. The van der Waals surface area contributed by atoms with E-state index in [1.807, 2.05) is 0 Å². The molecular formula is C24H30N4OS. The Morgan fingerprint density at radius 2 is 1.80 bits per heavy atom. The monoisotopic (exact) mass is 422 g/mol. The second kappa shape index (κ2) is 6.78. The number of rotatable bonds is 5. The minimum absolute atomic E-state index is 0.210. The van der Waals surface area contributed by atoms with Gasteiger partial charge in [0.15, 0.2) is 10.8 Å². The zero-order valence-corrected chi connectivity index (χ0v) is 18.9. The molecule has 4 bridgehead atoms. The Morgan fingerprint density at radius 1 is 1.10 bits per heavy atom. The van der Waals surface area contributed by atoms with Crippen molar-refractivity contribution in [3.63, 3.8) is 0 Å². The second-order valence-electron chi connectivity index (χ2n) is 10.4. The molecule has 158 valence electrons. The topological polar surface area (TPSA) is 52.3 Å². The summed E-state index contributed by atoms with van der Waals surface area (Å²) >= 11 is 1.61. The standard InChI is InChI=1S/C24H30N4OS/c1-14(2)19-5-4-15(3)6-20(19)29-13-21-27-28-22(25-26-23(28)30-21)24-10-16-7-17(11-24)9-18(8-16)12-24/h4-6,14,16-18H,7-13H2,1-3H3. The van der Waals surface area contributed by atoms with Gasteiger partial charge >= 0.3 is 0 Å². The molecule has 5 nitrogen and oxygen atoms in total. The average molecular weight is 423 g/mol. The molecule has 4 saturated carbocycles. The Morgan fingerprint density at radius 3 is 2.47 bits per heavy atom. The number of ether oxygens (including phenoxy) is 1. The highest BCUT2D eigenvalue weighted by molar-refractivity contribution is 7.16. The lowest BCUT2D eigenvalue weighted by atomic mass is 9.49. The Kier molecular flexibility index (Phi) is 4.24. The summed E-state index contributed by atoms with van der Waals surface area (Å²) in [7, 11) is 0. The van der Waals surface area contributed by atoms with Gasteiger partial charge in [0.1, 0.15) is 12.4 Å². The summed E-state index contributed by atoms with van der Waals surface area (Å²) in [5.41, 5.74) is 2.68. The Labute approximate surface area is 181 Å². The van der Waals surface area contributed by atoms with E-state index in [1.165, 1.54) is 49.7 Å². The van der Waals surface area contributed by atoms with Crippen LogP contribution in [0.3, 0.4) is 0 Å². The lowest BCUT2D eigenvalue weighted by molar-refractivity contribution is -0.0103. The molecule has 4 aliphatic rings. The van der Waals surface area contributed by atoms with Gasteiger partial charge in [-0.1, -0.05) is 37.3 Å². The summed E-state index contributed by atoms with van der Waals surface area (Å²) in [6.45, 7) is 7.01. The van der Waals surface area contributed by atoms with Gasteiger partial charge in [-0.25, -0.2) is 0 Å². The van der Waals surface area contributed by atoms with Crippen molar-refractivity contribution in [2.45, 2.75) is 77.2 Å². The largest absolute Gasteiger partial charge is 0.486 e. The summed E-state index contributed by atoms with van der Waals surface area (Å²) in [6, 6.07) is 6.47. The van der Waals surface area contributed by atoms with Gasteiger partial charge in [0, 0.05) is 5.41 Å². The molecule has 6 heteroatoms. The summed E-state index contributed by atoms with van der Waals surface area (Å²) in [5, 5.41) is 15.1. The van der Waals surface area contributed by atoms with Crippen molar-refractivity contribution in [1.82, 2.24) is 19.8 Å². The molecule has 0 spiro atoms. The van der Waals surface area contributed by atoms with Gasteiger partial charge in [-0.3, -0.25) is 0 Å². The van der Waals surface area contributed by atoms with E-state index >= 15 is 0 Å². The van der Waals surface area contributed by atoms with E-state index in [-0.39, 0.29) is 5.41 Å². The fourth-order valence-electron chi connectivity index (χ4n) is 6.81. The number of benzene rings is 1. The molecule has 0 aliphatic heterocycles. The molecule has 1 aromatic carbocycles. The van der Waals surface area contributed by atoms with E-state index < -0.39 is 0 Å². The van der Waals surface area contributed by atoms with Crippen LogP contribution >= 0.6 is 11.3 Å². The highest BCUT2D eigenvalue weighted by atomic mass is 32.1. The van der Waals surface area contributed by atoms with Crippen LogP contribution in [0, 0.1) is 24.7 Å². The number of aryl methyl sites for hydroxylation is 1. The van der Waals surface area contributed by atoms with E-state index in [1.54, 1.807) is 11.3 Å². The van der Waals surface area contributed by atoms with E-state index in [0.29, 0.717) is 12.5 Å². The molecule has 0 unspecified atom stereocenters. The number of hydrogen-bond acceptors (Lipinski definition) is 5. The van der Waals surface area contributed by atoms with Crippen molar-refractivity contribution in [3.8, 4) is 5.75 Å². The van der Waals surface area contributed by atoms with Crippen LogP contribution < -0.4 is 4.74 Å². The van der Waals surface area contributed by atoms with E-state index in [4.69, 9.17) is 9.84 Å². The van der Waals surface area contributed by atoms with Crippen molar-refractivity contribution in [2.24, 2.45) is 17.8 Å². The fraction of sp³-hybridized carbons (Fsp3) is 0.625. The minimum Gasteiger partial charge on any atom is -0.486 e. The first-order valence-electron chi connectivity index (χ1n) is 11.4. The maximum absolute atomic E-state index is 6.24. The molecule has 0 amide bonds. The fourth-order valence-corrected chi connectivity index (χ4v) is 7.56. The zero-order chi connectivity index (χ0) is 20.5. The summed E-state index contributed by atoms with van der Waals surface area (Å²) in [5.74, 6) is 5.19. The van der Waals surface area contributed by atoms with E-state index in [9.17, 15) is 0 Å². The van der Waals surface area contributed by atoms with Crippen LogP contribution in [0.25, 0.3) is 4.96 Å². The van der Waals surface area contributed by atoms with Crippen LogP contribution in [-0.2, 0) is 12.0 Å². The van der Waals surface area contributed by atoms with Crippen LogP contribution in [0.1, 0.15) is 80.2 Å². The van der Waals surface area contributed by atoms with E-state index in [2.05, 4.69) is 53.7 Å². The number of aromatic nitrogens is 4. The van der Waals surface area contributed by atoms with Crippen molar-refractivity contribution in [1.29, 1.82) is 0 Å². The smallest absolute Gasteiger partial charge is 0.234 e. The zero-order valence-electron chi connectivity index (χ0n) is 18.1. The highest BCUT2D eigenvalue weighted by Gasteiger charge is 2.54. The SMILES string of the molecule is Cc1ccc(C(C)C)c(OCc2nn3c(C45CC6CC(CC(C6)C4)C5)nnc3s2)c1. The molecule has 30 heavy (non-hydrogen) atoms. The molecule has 2 aromatic heterocycles. The predicted octanol–water partition coefficient (Wildman–Crippen LogP) is 5.66. The molecular weight excluding hydrogens is 392 g/mol. The van der Waals surface area contributed by atoms with Gasteiger partial charge in [-0.15, -0.1) is 10.2 Å². The third-order valence-corrected chi connectivity index (χ3v) is 8.56. The van der Waals surface area contributed by atoms with E-state index in [0.717, 1.165) is 39.3 Å². The van der Waals surface area contributed by atoms with Crippen LogP contribution in [-0.4, -0.2) is 19.8 Å². The van der Waals surface area contributed by atoms with Gasteiger partial charge in [0.05, 0.1) is 0 Å². The van der Waals surface area contributed by atoms with Crippen LogP contribution in [0.5, 0.6) is 5.75 Å². The Bertz CT molecular complexity index is 1060. The van der Waals surface area contributed by atoms with Crippen molar-refractivity contribution in [2.75, 3.05) is 0 Å². The maximum Gasteiger partial charge on any atom is 0.234 e. The highest BCUT2D eigenvalue weighted by Crippen LogP contribution is 2.60. The van der Waals surface area contributed by atoms with Gasteiger partial charge in [0.2, 0.25) is 4.96 Å². The Hall–Kier alpha value is -1.95. The number of nitrogens with zero attached hydrogens (tertiary/aromatic N) is 4. The van der Waals surface area contributed by atoms with Crippen LogP contribution in [0.15, 0.2) is 18.2 Å². The minimum atomic E-state index is 0.210. The van der Waals surface area contributed by atoms with Crippen molar-refractivity contribution >= 4 is 16.3 Å². The van der Waals surface area contributed by atoms with Crippen LogP contribution in [0.2, 0.25) is 0 Å². The molecule has 7 rings (SSSR count). The Balaban J connectivity index is 1.28. The summed E-state index contributed by atoms with van der Waals surface area (Å²) < 4.78 is 8.29. The van der Waals surface area contributed by atoms with Crippen molar-refractivity contribution in [3.05, 3.63) is 40.2 Å². The summed E-state index contributed by atoms with van der Waals surface area (Å²) in [6.07, 6.45) is 8.16. The lowest BCUT2D eigenvalue weighted by Gasteiger charge is -2.55. The normalized spacial score (nSPS) is 29.9. The average Bonchev–Trinajstić information content (AvgIpc) is 3.25. The van der Waals surface area contributed by atoms with Crippen molar-refractivity contribution < 1.29 is 4.74 Å². The molecule has 0 radical (unpaired) electrons. The lowest BCUT2D eigenvalue weighted by Crippen LogP contribution is -2.49. The van der Waals surface area contributed by atoms with Gasteiger partial charge in [0.25, 0.3) is 0 Å². The van der Waals surface area contributed by atoms with Gasteiger partial charge in [-0.2, -0.15) is 9.61 Å². The molecule has 4 fully saturated rings. The summed E-state index contributed by atoms with van der Waals surface area (Å²) in [4.78, 5) is 0.910. The molecule has 0 N–H and O–H groups in total. The third-order valence-electron chi connectivity index (χ3n) is 7.69. The van der Waals surface area contributed by atoms with Gasteiger partial charge < -0.3 is 4.74 Å². The first-order valence-corrected chi connectivity index (χ1v) is 12.3. The third kappa shape index (κ3) is 2.98. The van der Waals surface area contributed by atoms with Crippen LogP contribution in [0.4, 0.5) is 0 Å². The molecule has 0 saturated heterocycles. The van der Waals surface area contributed by atoms with Gasteiger partial charge in [-0.05, 0) is 86.3 Å². The first kappa shape index (κ1) is 18.8. The maximum atomic E-state index is 6.24. The molecule has 3 aromatic rings. The number of hydrogen-bond donors (Lipinski definition) is 0.